The maximum atomic E-state index is 12.5. The molecule has 5 nitrogen and oxygen atoms in total. The summed E-state index contributed by atoms with van der Waals surface area (Å²) in [5, 5.41) is 8.73. The lowest BCUT2D eigenvalue weighted by atomic mass is 10.1. The molecule has 0 saturated carbocycles. The number of carbonyl (C=O) groups excluding carboxylic acids is 1. The van der Waals surface area contributed by atoms with Gasteiger partial charge in [0.2, 0.25) is 0 Å². The predicted molar refractivity (Wildman–Crippen MR) is 89.5 cm³/mol. The Labute approximate surface area is 145 Å². The van der Waals surface area contributed by atoms with E-state index in [4.69, 9.17) is 16.9 Å². The number of likely N-dealkylation sites (tertiary alicyclic amines) is 1. The summed E-state index contributed by atoms with van der Waals surface area (Å²) in [7, 11) is -3.49. The first-order chi connectivity index (χ1) is 11.4. The van der Waals surface area contributed by atoms with Crippen molar-refractivity contribution in [3.63, 3.8) is 0 Å². The van der Waals surface area contributed by atoms with Crippen molar-refractivity contribution in [3.8, 4) is 6.07 Å². The van der Waals surface area contributed by atoms with Gasteiger partial charge < -0.3 is 4.90 Å². The molecule has 2 aromatic rings. The topological polar surface area (TPSA) is 78.2 Å². The van der Waals surface area contributed by atoms with Crippen molar-refractivity contribution in [1.29, 1.82) is 5.26 Å². The monoisotopic (exact) mass is 360 g/mol. The van der Waals surface area contributed by atoms with Gasteiger partial charge in [-0.1, -0.05) is 17.7 Å². The molecule has 0 bridgehead atoms. The minimum Gasteiger partial charge on any atom is -0.336 e. The maximum absolute atomic E-state index is 12.5. The van der Waals surface area contributed by atoms with Crippen LogP contribution in [0.4, 0.5) is 0 Å². The molecule has 3 rings (SSSR count). The Balaban J connectivity index is 1.71. The standard InChI is InChI=1S/C17H13ClN2O3S/c18-14-4-6-15(7-5-14)24(22,23)16-10-20(11-16)17(21)13-3-1-2-12(8-13)9-19/h1-8,16H,10-11H2. The Morgan fingerprint density at radius 1 is 1.17 bits per heavy atom. The zero-order chi connectivity index (χ0) is 17.3. The van der Waals surface area contributed by atoms with Crippen LogP contribution in [0.25, 0.3) is 0 Å². The van der Waals surface area contributed by atoms with Gasteiger partial charge in [-0.2, -0.15) is 5.26 Å². The molecule has 7 heteroatoms. The third-order valence-electron chi connectivity index (χ3n) is 3.95. The SMILES string of the molecule is N#Cc1cccc(C(=O)N2CC(S(=O)(=O)c3ccc(Cl)cc3)C2)c1. The second-order valence-electron chi connectivity index (χ2n) is 5.52. The van der Waals surface area contributed by atoms with Gasteiger partial charge in [0.25, 0.3) is 5.91 Å². The molecule has 0 unspecified atom stereocenters. The number of carbonyl (C=O) groups is 1. The lowest BCUT2D eigenvalue weighted by Crippen LogP contribution is -2.56. The van der Waals surface area contributed by atoms with Crippen molar-refractivity contribution >= 4 is 27.3 Å². The van der Waals surface area contributed by atoms with Crippen LogP contribution < -0.4 is 0 Å². The number of halogens is 1. The minimum absolute atomic E-state index is 0.139. The zero-order valence-electron chi connectivity index (χ0n) is 12.5. The first-order valence-corrected chi connectivity index (χ1v) is 9.13. The first kappa shape index (κ1) is 16.5. The molecule has 2 aromatic carbocycles. The van der Waals surface area contributed by atoms with E-state index < -0.39 is 15.1 Å². The molecule has 24 heavy (non-hydrogen) atoms. The van der Waals surface area contributed by atoms with Crippen molar-refractivity contribution in [2.75, 3.05) is 13.1 Å². The quantitative estimate of drug-likeness (QED) is 0.842. The van der Waals surface area contributed by atoms with Crippen molar-refractivity contribution < 1.29 is 13.2 Å². The molecule has 1 heterocycles. The number of benzene rings is 2. The highest BCUT2D eigenvalue weighted by molar-refractivity contribution is 7.92. The van der Waals surface area contributed by atoms with E-state index in [1.807, 2.05) is 6.07 Å². The summed E-state index contributed by atoms with van der Waals surface area (Å²) in [6.45, 7) is 0.279. The van der Waals surface area contributed by atoms with Crippen LogP contribution in [0.15, 0.2) is 53.4 Å². The highest BCUT2D eigenvalue weighted by Crippen LogP contribution is 2.26. The molecule has 0 radical (unpaired) electrons. The number of sulfone groups is 1. The van der Waals surface area contributed by atoms with Crippen LogP contribution >= 0.6 is 11.6 Å². The van der Waals surface area contributed by atoms with Gasteiger partial charge in [0.15, 0.2) is 9.84 Å². The van der Waals surface area contributed by atoms with E-state index in [2.05, 4.69) is 0 Å². The normalized spacial score (nSPS) is 14.8. The second-order valence-corrected chi connectivity index (χ2v) is 8.19. The fraction of sp³-hybridized carbons (Fsp3) is 0.176. The number of amides is 1. The van der Waals surface area contributed by atoms with Crippen molar-refractivity contribution in [2.24, 2.45) is 0 Å². The van der Waals surface area contributed by atoms with Crippen LogP contribution in [0.1, 0.15) is 15.9 Å². The van der Waals surface area contributed by atoms with Gasteiger partial charge >= 0.3 is 0 Å². The summed E-state index contributed by atoms with van der Waals surface area (Å²) < 4.78 is 25.0. The predicted octanol–water partition coefficient (Wildman–Crippen LogP) is 2.51. The van der Waals surface area contributed by atoms with Crippen LogP contribution in [-0.2, 0) is 9.84 Å². The molecule has 0 spiro atoms. The first-order valence-electron chi connectivity index (χ1n) is 7.21. The number of nitrogens with zero attached hydrogens (tertiary/aromatic N) is 2. The Kier molecular flexibility index (Phi) is 4.31. The molecule has 1 fully saturated rings. The lowest BCUT2D eigenvalue weighted by molar-refractivity contribution is 0.0659. The van der Waals surface area contributed by atoms with Gasteiger partial charge in [-0.05, 0) is 42.5 Å². The number of nitriles is 1. The molecular formula is C17H13ClN2O3S. The van der Waals surface area contributed by atoms with E-state index in [-0.39, 0.29) is 23.9 Å². The lowest BCUT2D eigenvalue weighted by Gasteiger charge is -2.38. The summed E-state index contributed by atoms with van der Waals surface area (Å²) >= 11 is 5.78. The summed E-state index contributed by atoms with van der Waals surface area (Å²) in [5.74, 6) is -0.269. The van der Waals surface area contributed by atoms with E-state index in [0.29, 0.717) is 16.1 Å². The van der Waals surface area contributed by atoms with Crippen LogP contribution in [0.5, 0.6) is 0 Å². The number of rotatable bonds is 3. The van der Waals surface area contributed by atoms with Gasteiger partial charge in [-0.3, -0.25) is 4.79 Å². The van der Waals surface area contributed by atoms with Crippen molar-refractivity contribution in [2.45, 2.75) is 10.1 Å². The average Bonchev–Trinajstić information content (AvgIpc) is 2.53. The molecule has 1 saturated heterocycles. The largest absolute Gasteiger partial charge is 0.336 e. The maximum Gasteiger partial charge on any atom is 0.253 e. The molecule has 0 N–H and O–H groups in total. The summed E-state index contributed by atoms with van der Waals surface area (Å²) in [5.41, 5.74) is 0.781. The Morgan fingerprint density at radius 3 is 2.46 bits per heavy atom. The van der Waals surface area contributed by atoms with E-state index in [1.54, 1.807) is 18.2 Å². The Morgan fingerprint density at radius 2 is 1.83 bits per heavy atom. The third kappa shape index (κ3) is 3.01. The molecule has 1 amide bonds. The van der Waals surface area contributed by atoms with Crippen molar-refractivity contribution in [3.05, 3.63) is 64.7 Å². The van der Waals surface area contributed by atoms with Crippen LogP contribution in [0, 0.1) is 11.3 Å². The van der Waals surface area contributed by atoms with Crippen molar-refractivity contribution in [1.82, 2.24) is 4.90 Å². The van der Waals surface area contributed by atoms with E-state index >= 15 is 0 Å². The minimum atomic E-state index is -3.49. The third-order valence-corrected chi connectivity index (χ3v) is 6.31. The average molecular weight is 361 g/mol. The Bertz CT molecular complexity index is 927. The van der Waals surface area contributed by atoms with Gasteiger partial charge in [-0.25, -0.2) is 8.42 Å². The highest BCUT2D eigenvalue weighted by Gasteiger charge is 2.40. The molecule has 1 aliphatic rings. The molecule has 0 aromatic heterocycles. The van der Waals surface area contributed by atoms with E-state index in [1.165, 1.54) is 35.2 Å². The Hall–Kier alpha value is -2.36. The van der Waals surface area contributed by atoms with E-state index in [0.717, 1.165) is 0 Å². The fourth-order valence-electron chi connectivity index (χ4n) is 2.52. The van der Waals surface area contributed by atoms with Gasteiger partial charge in [0, 0.05) is 23.7 Å². The summed E-state index contributed by atoms with van der Waals surface area (Å²) in [6.07, 6.45) is 0. The second kappa shape index (κ2) is 6.27. The van der Waals surface area contributed by atoms with Gasteiger partial charge in [0.1, 0.15) is 5.25 Å². The zero-order valence-corrected chi connectivity index (χ0v) is 14.1. The smallest absolute Gasteiger partial charge is 0.253 e. The molecule has 122 valence electrons. The molecule has 0 aliphatic carbocycles. The van der Waals surface area contributed by atoms with Gasteiger partial charge in [-0.15, -0.1) is 0 Å². The molecule has 1 aliphatic heterocycles. The molecular weight excluding hydrogens is 348 g/mol. The fourth-order valence-corrected chi connectivity index (χ4v) is 4.30. The van der Waals surface area contributed by atoms with Crippen LogP contribution in [-0.4, -0.2) is 37.6 Å². The summed E-state index contributed by atoms with van der Waals surface area (Å²) in [6, 6.07) is 14.3. The highest BCUT2D eigenvalue weighted by atomic mass is 35.5. The number of hydrogen-bond acceptors (Lipinski definition) is 4. The number of hydrogen-bond donors (Lipinski definition) is 0. The van der Waals surface area contributed by atoms with Crippen LogP contribution in [0.3, 0.4) is 0 Å². The van der Waals surface area contributed by atoms with Gasteiger partial charge in [0.05, 0.1) is 16.5 Å². The summed E-state index contributed by atoms with van der Waals surface area (Å²) in [4.78, 5) is 14.0. The molecule has 0 atom stereocenters. The van der Waals surface area contributed by atoms with Crippen LogP contribution in [0.2, 0.25) is 5.02 Å². The van der Waals surface area contributed by atoms with E-state index in [9.17, 15) is 13.2 Å².